The third-order valence-electron chi connectivity index (χ3n) is 0.354. The Kier molecular flexibility index (Phi) is 29.1. The zero-order valence-corrected chi connectivity index (χ0v) is 9.00. The molecule has 55 valence electrons. The van der Waals surface area contributed by atoms with Crippen LogP contribution < -0.4 is 0 Å². The summed E-state index contributed by atoms with van der Waals surface area (Å²) in [4.78, 5) is 0. The molecule has 0 aliphatic rings. The zero-order chi connectivity index (χ0) is 6.99. The molecule has 0 heterocycles. The molecule has 1 radical (unpaired) electrons. The predicted molar refractivity (Wildman–Crippen MR) is 40.5 cm³/mol. The molecule has 0 aromatic carbocycles. The van der Waals surface area contributed by atoms with Gasteiger partial charge in [0, 0.05) is 25.8 Å². The SMILES string of the molecule is C[C-](C)C.[CH2-]CCC.[Sc]. The molecule has 0 aromatic rings. The molecule has 0 aromatic heterocycles. The maximum Gasteiger partial charge on any atom is 0 e. The van der Waals surface area contributed by atoms with Crippen LogP contribution in [0.4, 0.5) is 0 Å². The molecule has 0 aliphatic carbocycles. The van der Waals surface area contributed by atoms with Crippen molar-refractivity contribution in [1.82, 2.24) is 0 Å². The minimum atomic E-state index is 0. The van der Waals surface area contributed by atoms with E-state index in [1.54, 1.807) is 0 Å². The predicted octanol–water partition coefficient (Wildman–Crippen LogP) is 3.24. The fourth-order valence-electron chi connectivity index (χ4n) is 0. The first-order valence-electron chi connectivity index (χ1n) is 3.21. The molecule has 0 aliphatic heterocycles. The Morgan fingerprint density at radius 2 is 1.33 bits per heavy atom. The van der Waals surface area contributed by atoms with Gasteiger partial charge in [0.2, 0.25) is 0 Å². The standard InChI is InChI=1S/2C4H9.Sc/c1-4(2)3;1-3-4-2;/h1-3H3;1,3-4H2,2H3;/q2*-1;. The zero-order valence-electron chi connectivity index (χ0n) is 7.20. The third-order valence-corrected chi connectivity index (χ3v) is 0.354. The summed E-state index contributed by atoms with van der Waals surface area (Å²) in [5, 5.41) is 0. The summed E-state index contributed by atoms with van der Waals surface area (Å²) < 4.78 is 0. The largest absolute Gasteiger partial charge is 0.343 e. The Balaban J connectivity index is -0.0000000720. The van der Waals surface area contributed by atoms with E-state index in [0.29, 0.717) is 0 Å². The number of hydrogen-bond acceptors (Lipinski definition) is 0. The van der Waals surface area contributed by atoms with Gasteiger partial charge < -0.3 is 12.8 Å². The van der Waals surface area contributed by atoms with Crippen molar-refractivity contribution in [3.63, 3.8) is 0 Å². The van der Waals surface area contributed by atoms with E-state index in [0.717, 1.165) is 6.42 Å². The van der Waals surface area contributed by atoms with Crippen molar-refractivity contribution < 1.29 is 25.8 Å². The molecule has 1 heteroatoms. The van der Waals surface area contributed by atoms with Gasteiger partial charge in [-0.15, -0.1) is 0 Å². The number of unbranched alkanes of at least 4 members (excludes halogenated alkanes) is 1. The summed E-state index contributed by atoms with van der Waals surface area (Å²) in [5.41, 5.74) is 0. The van der Waals surface area contributed by atoms with Crippen LogP contribution in [-0.4, -0.2) is 0 Å². The van der Waals surface area contributed by atoms with Crippen LogP contribution in [0.2, 0.25) is 0 Å². The van der Waals surface area contributed by atoms with E-state index >= 15 is 0 Å². The van der Waals surface area contributed by atoms with Crippen molar-refractivity contribution in [2.24, 2.45) is 0 Å². The molecule has 0 saturated carbocycles. The van der Waals surface area contributed by atoms with E-state index < -0.39 is 0 Å². The van der Waals surface area contributed by atoms with Crippen molar-refractivity contribution in [2.45, 2.75) is 40.5 Å². The van der Waals surface area contributed by atoms with Gasteiger partial charge in [-0.3, -0.25) is 0 Å². The Hall–Kier alpha value is 0.870. The molecular weight excluding hydrogens is 141 g/mol. The Morgan fingerprint density at radius 3 is 1.33 bits per heavy atom. The van der Waals surface area contributed by atoms with E-state index in [9.17, 15) is 0 Å². The summed E-state index contributed by atoms with van der Waals surface area (Å²) in [7, 11) is 0. The molecule has 0 N–H and O–H groups in total. The summed E-state index contributed by atoms with van der Waals surface area (Å²) in [6.07, 6.45) is 2.28. The minimum absolute atomic E-state index is 0. The normalized spacial score (nSPS) is 7.33. The van der Waals surface area contributed by atoms with Crippen molar-refractivity contribution in [1.29, 1.82) is 0 Å². The second kappa shape index (κ2) is 15.9. The fourth-order valence-corrected chi connectivity index (χ4v) is 0. The summed E-state index contributed by atoms with van der Waals surface area (Å²) >= 11 is 0. The first kappa shape index (κ1) is 16.5. The molecule has 0 amide bonds. The molecule has 0 spiro atoms. The third kappa shape index (κ3) is 120. The van der Waals surface area contributed by atoms with E-state index in [1.165, 1.54) is 12.3 Å². The average molecular weight is 159 g/mol. The second-order valence-electron chi connectivity index (χ2n) is 2.35. The Labute approximate surface area is 79.2 Å². The Morgan fingerprint density at radius 1 is 1.22 bits per heavy atom. The van der Waals surface area contributed by atoms with Crippen LogP contribution in [-0.2, 0) is 25.8 Å². The first-order valence-corrected chi connectivity index (χ1v) is 3.21. The van der Waals surface area contributed by atoms with Gasteiger partial charge in [0.05, 0.1) is 0 Å². The second-order valence-corrected chi connectivity index (χ2v) is 2.35. The maximum atomic E-state index is 3.60. The van der Waals surface area contributed by atoms with Gasteiger partial charge in [0.25, 0.3) is 0 Å². The molecule has 0 fully saturated rings. The monoisotopic (exact) mass is 159 g/mol. The van der Waals surface area contributed by atoms with E-state index in [-0.39, 0.29) is 25.8 Å². The minimum Gasteiger partial charge on any atom is -0.343 e. The summed E-state index contributed by atoms with van der Waals surface area (Å²) in [6.45, 7) is 12.0. The van der Waals surface area contributed by atoms with Gasteiger partial charge in [0.15, 0.2) is 0 Å². The molecule has 0 rings (SSSR count). The molecular formula is C8H18Sc-2. The van der Waals surface area contributed by atoms with E-state index in [1.807, 2.05) is 0 Å². The molecule has 0 unspecified atom stereocenters. The van der Waals surface area contributed by atoms with Crippen LogP contribution >= 0.6 is 0 Å². The molecule has 0 nitrogen and oxygen atoms in total. The number of rotatable bonds is 1. The van der Waals surface area contributed by atoms with Crippen molar-refractivity contribution in [3.05, 3.63) is 12.8 Å². The quantitative estimate of drug-likeness (QED) is 0.515. The van der Waals surface area contributed by atoms with Crippen LogP contribution in [0.15, 0.2) is 0 Å². The van der Waals surface area contributed by atoms with Crippen LogP contribution in [0.1, 0.15) is 40.5 Å². The van der Waals surface area contributed by atoms with Gasteiger partial charge in [-0.25, -0.2) is 0 Å². The van der Waals surface area contributed by atoms with Crippen molar-refractivity contribution in [2.75, 3.05) is 0 Å². The van der Waals surface area contributed by atoms with Gasteiger partial charge in [-0.2, -0.15) is 27.2 Å². The molecule has 0 saturated heterocycles. The van der Waals surface area contributed by atoms with Crippen LogP contribution in [0, 0.1) is 12.8 Å². The topological polar surface area (TPSA) is 0 Å². The van der Waals surface area contributed by atoms with Gasteiger partial charge in [0.1, 0.15) is 0 Å². The van der Waals surface area contributed by atoms with Crippen molar-refractivity contribution >= 4 is 0 Å². The van der Waals surface area contributed by atoms with Crippen LogP contribution in [0.3, 0.4) is 0 Å². The first-order chi connectivity index (χ1) is 3.65. The summed E-state index contributed by atoms with van der Waals surface area (Å²) in [6, 6.07) is 0. The maximum absolute atomic E-state index is 3.60. The summed E-state index contributed by atoms with van der Waals surface area (Å²) in [5.74, 6) is 1.42. The van der Waals surface area contributed by atoms with Gasteiger partial charge in [-0.1, -0.05) is 13.3 Å². The van der Waals surface area contributed by atoms with Crippen LogP contribution in [0.5, 0.6) is 0 Å². The van der Waals surface area contributed by atoms with Crippen LogP contribution in [0.25, 0.3) is 0 Å². The van der Waals surface area contributed by atoms with Gasteiger partial charge in [-0.05, 0) is 0 Å². The number of hydrogen-bond donors (Lipinski definition) is 0. The Bertz CT molecular complexity index is 21.0. The van der Waals surface area contributed by atoms with Gasteiger partial charge >= 0.3 is 0 Å². The molecule has 0 atom stereocenters. The molecule has 9 heavy (non-hydrogen) atoms. The molecule has 0 bridgehead atoms. The fraction of sp³-hybridized carbons (Fsp3) is 0.750. The van der Waals surface area contributed by atoms with Crippen molar-refractivity contribution in [3.8, 4) is 0 Å². The smallest absolute Gasteiger partial charge is 0 e. The van der Waals surface area contributed by atoms with E-state index in [4.69, 9.17) is 0 Å². The average Bonchev–Trinajstić information content (AvgIpc) is 1.65. The van der Waals surface area contributed by atoms with E-state index in [2.05, 4.69) is 34.6 Å².